The normalized spacial score (nSPS) is 10.4. The molecule has 0 fully saturated rings. The number of nitrogens with two attached hydrogens (primary N) is 1. The molecule has 0 saturated heterocycles. The number of aryl methyl sites for hydroxylation is 1. The fraction of sp³-hybridized carbons (Fsp3) is 0.143. The van der Waals surface area contributed by atoms with Crippen molar-refractivity contribution >= 4 is 21.6 Å². The van der Waals surface area contributed by atoms with E-state index in [-0.39, 0.29) is 11.6 Å². The third-order valence-corrected chi connectivity index (χ3v) is 3.29. The highest BCUT2D eigenvalue weighted by Gasteiger charge is 2.06. The van der Waals surface area contributed by atoms with Gasteiger partial charge in [0.2, 0.25) is 0 Å². The van der Waals surface area contributed by atoms with E-state index in [1.54, 1.807) is 24.3 Å². The van der Waals surface area contributed by atoms with Crippen LogP contribution in [0.15, 0.2) is 40.9 Å². The molecule has 0 aliphatic rings. The SMILES string of the molecule is Cc1ccc(F)c(OCc2ccc(N)cc2Br)c1. The molecule has 0 aliphatic carbocycles. The quantitative estimate of drug-likeness (QED) is 0.868. The Balaban J connectivity index is 2.13. The lowest BCUT2D eigenvalue weighted by Crippen LogP contribution is -1.99. The van der Waals surface area contributed by atoms with Crippen molar-refractivity contribution in [2.45, 2.75) is 13.5 Å². The number of hydrogen-bond donors (Lipinski definition) is 1. The van der Waals surface area contributed by atoms with Crippen molar-refractivity contribution in [3.05, 3.63) is 57.8 Å². The van der Waals surface area contributed by atoms with E-state index in [0.29, 0.717) is 12.3 Å². The van der Waals surface area contributed by atoms with Crippen LogP contribution >= 0.6 is 15.9 Å². The van der Waals surface area contributed by atoms with E-state index in [1.807, 2.05) is 13.0 Å². The van der Waals surface area contributed by atoms with Gasteiger partial charge in [-0.05, 0) is 36.8 Å². The highest BCUT2D eigenvalue weighted by atomic mass is 79.9. The van der Waals surface area contributed by atoms with E-state index in [4.69, 9.17) is 10.5 Å². The average molecular weight is 310 g/mol. The molecular formula is C14H13BrFNO. The third-order valence-electron chi connectivity index (χ3n) is 2.55. The predicted octanol–water partition coefficient (Wildman–Crippen LogP) is 4.06. The zero-order chi connectivity index (χ0) is 13.1. The maximum atomic E-state index is 13.5. The van der Waals surface area contributed by atoms with Crippen LogP contribution in [0.2, 0.25) is 0 Å². The molecule has 0 aliphatic heterocycles. The lowest BCUT2D eigenvalue weighted by atomic mass is 10.2. The van der Waals surface area contributed by atoms with E-state index in [0.717, 1.165) is 15.6 Å². The van der Waals surface area contributed by atoms with Gasteiger partial charge in [-0.3, -0.25) is 0 Å². The Morgan fingerprint density at radius 3 is 2.72 bits per heavy atom. The molecule has 0 bridgehead atoms. The number of halogens is 2. The van der Waals surface area contributed by atoms with Crippen LogP contribution in [-0.4, -0.2) is 0 Å². The maximum Gasteiger partial charge on any atom is 0.165 e. The van der Waals surface area contributed by atoms with Gasteiger partial charge in [-0.1, -0.05) is 28.1 Å². The summed E-state index contributed by atoms with van der Waals surface area (Å²) >= 11 is 3.40. The first kappa shape index (κ1) is 12.9. The van der Waals surface area contributed by atoms with E-state index >= 15 is 0 Å². The summed E-state index contributed by atoms with van der Waals surface area (Å²) < 4.78 is 19.8. The van der Waals surface area contributed by atoms with Gasteiger partial charge in [0.15, 0.2) is 11.6 Å². The summed E-state index contributed by atoms with van der Waals surface area (Å²) in [6.07, 6.45) is 0. The summed E-state index contributed by atoms with van der Waals surface area (Å²) in [7, 11) is 0. The molecule has 0 amide bonds. The first-order valence-corrected chi connectivity index (χ1v) is 6.28. The molecule has 2 aromatic carbocycles. The van der Waals surface area contributed by atoms with Crippen molar-refractivity contribution in [2.24, 2.45) is 0 Å². The van der Waals surface area contributed by atoms with Gasteiger partial charge in [-0.15, -0.1) is 0 Å². The molecule has 2 nitrogen and oxygen atoms in total. The number of benzene rings is 2. The maximum absolute atomic E-state index is 13.5. The first-order chi connectivity index (χ1) is 8.56. The summed E-state index contributed by atoms with van der Waals surface area (Å²) in [6.45, 7) is 2.19. The van der Waals surface area contributed by atoms with E-state index < -0.39 is 0 Å². The van der Waals surface area contributed by atoms with Crippen LogP contribution in [0.5, 0.6) is 5.75 Å². The summed E-state index contributed by atoms with van der Waals surface area (Å²) in [5.41, 5.74) is 8.20. The number of ether oxygens (including phenoxy) is 1. The second-order valence-electron chi connectivity index (χ2n) is 4.07. The van der Waals surface area contributed by atoms with Crippen LogP contribution in [0, 0.1) is 12.7 Å². The van der Waals surface area contributed by atoms with Gasteiger partial charge < -0.3 is 10.5 Å². The van der Waals surface area contributed by atoms with Crippen molar-refractivity contribution in [1.29, 1.82) is 0 Å². The third kappa shape index (κ3) is 3.01. The molecule has 4 heteroatoms. The van der Waals surface area contributed by atoms with Crippen LogP contribution < -0.4 is 10.5 Å². The Morgan fingerprint density at radius 2 is 2.00 bits per heavy atom. The van der Waals surface area contributed by atoms with Gasteiger partial charge in [0.25, 0.3) is 0 Å². The molecule has 0 saturated carbocycles. The van der Waals surface area contributed by atoms with Crippen LogP contribution in [0.1, 0.15) is 11.1 Å². The fourth-order valence-corrected chi connectivity index (χ4v) is 2.07. The Hall–Kier alpha value is -1.55. The van der Waals surface area contributed by atoms with Crippen LogP contribution in [0.25, 0.3) is 0 Å². The zero-order valence-corrected chi connectivity index (χ0v) is 11.5. The molecule has 0 atom stereocenters. The largest absolute Gasteiger partial charge is 0.486 e. The molecule has 2 aromatic rings. The highest BCUT2D eigenvalue weighted by Crippen LogP contribution is 2.23. The van der Waals surface area contributed by atoms with Crippen LogP contribution in [0.4, 0.5) is 10.1 Å². The molecule has 0 aromatic heterocycles. The second kappa shape index (κ2) is 5.40. The first-order valence-electron chi connectivity index (χ1n) is 5.49. The van der Waals surface area contributed by atoms with Gasteiger partial charge in [0.1, 0.15) is 6.61 Å². The average Bonchev–Trinajstić information content (AvgIpc) is 2.32. The van der Waals surface area contributed by atoms with Crippen molar-refractivity contribution in [3.8, 4) is 5.75 Å². The topological polar surface area (TPSA) is 35.2 Å². The molecule has 2 N–H and O–H groups in total. The van der Waals surface area contributed by atoms with Crippen molar-refractivity contribution in [3.63, 3.8) is 0 Å². The molecule has 0 radical (unpaired) electrons. The number of anilines is 1. The van der Waals surface area contributed by atoms with Gasteiger partial charge in [0, 0.05) is 15.7 Å². The minimum absolute atomic E-state index is 0.263. The second-order valence-corrected chi connectivity index (χ2v) is 4.93. The Bertz CT molecular complexity index is 572. The highest BCUT2D eigenvalue weighted by molar-refractivity contribution is 9.10. The van der Waals surface area contributed by atoms with E-state index in [2.05, 4.69) is 15.9 Å². The van der Waals surface area contributed by atoms with E-state index in [9.17, 15) is 4.39 Å². The molecule has 0 unspecified atom stereocenters. The minimum Gasteiger partial charge on any atom is -0.486 e. The van der Waals surface area contributed by atoms with Crippen LogP contribution in [-0.2, 0) is 6.61 Å². The van der Waals surface area contributed by atoms with Gasteiger partial charge in [-0.25, -0.2) is 4.39 Å². The monoisotopic (exact) mass is 309 g/mol. The molecule has 0 heterocycles. The lowest BCUT2D eigenvalue weighted by Gasteiger charge is -2.10. The summed E-state index contributed by atoms with van der Waals surface area (Å²) in [5.74, 6) is -0.0918. The van der Waals surface area contributed by atoms with Crippen LogP contribution in [0.3, 0.4) is 0 Å². The summed E-state index contributed by atoms with van der Waals surface area (Å²) in [5, 5.41) is 0. The predicted molar refractivity (Wildman–Crippen MR) is 74.0 cm³/mol. The fourth-order valence-electron chi connectivity index (χ4n) is 1.56. The van der Waals surface area contributed by atoms with Crippen molar-refractivity contribution < 1.29 is 9.13 Å². The lowest BCUT2D eigenvalue weighted by molar-refractivity contribution is 0.289. The van der Waals surface area contributed by atoms with Gasteiger partial charge in [-0.2, -0.15) is 0 Å². The number of hydrogen-bond acceptors (Lipinski definition) is 2. The molecule has 0 spiro atoms. The smallest absolute Gasteiger partial charge is 0.165 e. The Kier molecular flexibility index (Phi) is 3.87. The Labute approximate surface area is 114 Å². The number of nitrogen functional groups attached to an aromatic ring is 1. The molecule has 18 heavy (non-hydrogen) atoms. The Morgan fingerprint density at radius 1 is 1.22 bits per heavy atom. The molecule has 94 valence electrons. The number of rotatable bonds is 3. The summed E-state index contributed by atoms with van der Waals surface area (Å²) in [6, 6.07) is 10.2. The van der Waals surface area contributed by atoms with Crippen molar-refractivity contribution in [2.75, 3.05) is 5.73 Å². The van der Waals surface area contributed by atoms with Crippen molar-refractivity contribution in [1.82, 2.24) is 0 Å². The minimum atomic E-state index is -0.354. The summed E-state index contributed by atoms with van der Waals surface area (Å²) in [4.78, 5) is 0. The molecule has 2 rings (SSSR count). The van der Waals surface area contributed by atoms with E-state index in [1.165, 1.54) is 6.07 Å². The zero-order valence-electron chi connectivity index (χ0n) is 9.91. The van der Waals surface area contributed by atoms with Gasteiger partial charge in [0.05, 0.1) is 0 Å². The standard InChI is InChI=1S/C14H13BrFNO/c1-9-2-5-13(16)14(6-9)18-8-10-3-4-11(17)7-12(10)15/h2-7H,8,17H2,1H3. The van der Waals surface area contributed by atoms with Gasteiger partial charge >= 0.3 is 0 Å². The molecular weight excluding hydrogens is 297 g/mol.